The molecule has 1 saturated heterocycles. The molecule has 1 aliphatic heterocycles. The zero-order valence-electron chi connectivity index (χ0n) is 15.0. The first-order valence-electron chi connectivity index (χ1n) is 8.54. The Bertz CT molecular complexity index is 819. The Morgan fingerprint density at radius 2 is 2.04 bits per heavy atom. The summed E-state index contributed by atoms with van der Waals surface area (Å²) < 4.78 is 10.8. The molecule has 0 saturated carbocycles. The van der Waals surface area contributed by atoms with E-state index in [2.05, 4.69) is 5.32 Å². The lowest BCUT2D eigenvalue weighted by Crippen LogP contribution is -2.24. The molecule has 2 amide bonds. The largest absolute Gasteiger partial charge is 0.493 e. The van der Waals surface area contributed by atoms with Crippen LogP contribution in [-0.4, -0.2) is 32.1 Å². The number of hydrogen-bond acceptors (Lipinski definition) is 4. The van der Waals surface area contributed by atoms with Crippen LogP contribution in [0.15, 0.2) is 42.5 Å². The van der Waals surface area contributed by atoms with Crippen molar-refractivity contribution in [3.05, 3.63) is 48.0 Å². The van der Waals surface area contributed by atoms with E-state index >= 15 is 0 Å². The summed E-state index contributed by atoms with van der Waals surface area (Å²) in [4.78, 5) is 25.8. The summed E-state index contributed by atoms with van der Waals surface area (Å²) in [6, 6.07) is 12.8. The Hall–Kier alpha value is -3.02. The average molecular weight is 354 g/mol. The number of benzene rings is 2. The number of carbonyl (C=O) groups excluding carboxylic acids is 2. The predicted molar refractivity (Wildman–Crippen MR) is 99.9 cm³/mol. The summed E-state index contributed by atoms with van der Waals surface area (Å²) in [5, 5.41) is 2.80. The van der Waals surface area contributed by atoms with Gasteiger partial charge in [0.05, 0.1) is 7.11 Å². The molecule has 136 valence electrons. The fourth-order valence-corrected chi connectivity index (χ4v) is 2.91. The molecule has 3 rings (SSSR count). The third kappa shape index (κ3) is 4.14. The van der Waals surface area contributed by atoms with E-state index in [0.29, 0.717) is 30.2 Å². The molecule has 2 aromatic rings. The molecule has 1 fully saturated rings. The van der Waals surface area contributed by atoms with Gasteiger partial charge in [0.1, 0.15) is 0 Å². The SMILES string of the molecule is COc1cc(C)ccc1OCC(=O)Nc1cccc(N2CCCC2=O)c1. The lowest BCUT2D eigenvalue weighted by molar-refractivity contribution is -0.118. The second-order valence-electron chi connectivity index (χ2n) is 6.19. The number of amides is 2. The highest BCUT2D eigenvalue weighted by Gasteiger charge is 2.21. The molecule has 0 spiro atoms. The first-order chi connectivity index (χ1) is 12.6. The monoisotopic (exact) mass is 354 g/mol. The van der Waals surface area contributed by atoms with Crippen LogP contribution in [0.3, 0.4) is 0 Å². The van der Waals surface area contributed by atoms with E-state index in [0.717, 1.165) is 17.7 Å². The Balaban J connectivity index is 1.61. The van der Waals surface area contributed by atoms with Crippen molar-refractivity contribution in [2.24, 2.45) is 0 Å². The van der Waals surface area contributed by atoms with Crippen molar-refractivity contribution in [1.82, 2.24) is 0 Å². The zero-order chi connectivity index (χ0) is 18.5. The predicted octanol–water partition coefficient (Wildman–Crippen LogP) is 3.15. The van der Waals surface area contributed by atoms with Gasteiger partial charge in [0, 0.05) is 24.3 Å². The normalized spacial score (nSPS) is 13.6. The van der Waals surface area contributed by atoms with Crippen molar-refractivity contribution in [2.75, 3.05) is 30.5 Å². The molecule has 0 aromatic heterocycles. The van der Waals surface area contributed by atoms with Crippen molar-refractivity contribution in [3.63, 3.8) is 0 Å². The number of aryl methyl sites for hydroxylation is 1. The van der Waals surface area contributed by atoms with Crippen LogP contribution in [0.4, 0.5) is 11.4 Å². The molecule has 0 unspecified atom stereocenters. The zero-order valence-corrected chi connectivity index (χ0v) is 15.0. The molecule has 1 N–H and O–H groups in total. The number of methoxy groups -OCH3 is 1. The van der Waals surface area contributed by atoms with Crippen LogP contribution in [0, 0.1) is 6.92 Å². The van der Waals surface area contributed by atoms with Gasteiger partial charge in [-0.3, -0.25) is 9.59 Å². The number of rotatable bonds is 6. The topological polar surface area (TPSA) is 67.9 Å². The molecule has 26 heavy (non-hydrogen) atoms. The maximum atomic E-state index is 12.2. The van der Waals surface area contributed by atoms with Crippen LogP contribution < -0.4 is 19.7 Å². The fraction of sp³-hybridized carbons (Fsp3) is 0.300. The molecule has 0 radical (unpaired) electrons. The average Bonchev–Trinajstić information content (AvgIpc) is 3.06. The summed E-state index contributed by atoms with van der Waals surface area (Å²) in [7, 11) is 1.56. The third-order valence-corrected chi connectivity index (χ3v) is 4.19. The van der Waals surface area contributed by atoms with Gasteiger partial charge in [-0.05, 0) is 49.2 Å². The first-order valence-corrected chi connectivity index (χ1v) is 8.54. The van der Waals surface area contributed by atoms with Crippen LogP contribution in [0.5, 0.6) is 11.5 Å². The van der Waals surface area contributed by atoms with Crippen molar-refractivity contribution in [2.45, 2.75) is 19.8 Å². The number of hydrogen-bond donors (Lipinski definition) is 1. The molecule has 0 atom stereocenters. The summed E-state index contributed by atoms with van der Waals surface area (Å²) in [5.41, 5.74) is 2.48. The third-order valence-electron chi connectivity index (χ3n) is 4.19. The number of nitrogens with one attached hydrogen (secondary N) is 1. The minimum atomic E-state index is -0.280. The fourth-order valence-electron chi connectivity index (χ4n) is 2.91. The van der Waals surface area contributed by atoms with E-state index in [-0.39, 0.29) is 18.4 Å². The van der Waals surface area contributed by atoms with Crippen molar-refractivity contribution in [1.29, 1.82) is 0 Å². The molecular weight excluding hydrogens is 332 g/mol. The minimum absolute atomic E-state index is 0.114. The van der Waals surface area contributed by atoms with Gasteiger partial charge in [0.25, 0.3) is 5.91 Å². The highest BCUT2D eigenvalue weighted by atomic mass is 16.5. The second kappa shape index (κ2) is 7.91. The number of carbonyl (C=O) groups is 2. The molecule has 6 nitrogen and oxygen atoms in total. The van der Waals surface area contributed by atoms with Gasteiger partial charge in [-0.25, -0.2) is 0 Å². The van der Waals surface area contributed by atoms with E-state index in [1.54, 1.807) is 30.2 Å². The van der Waals surface area contributed by atoms with E-state index in [9.17, 15) is 9.59 Å². The second-order valence-corrected chi connectivity index (χ2v) is 6.19. The number of nitrogens with zero attached hydrogens (tertiary/aromatic N) is 1. The molecule has 6 heteroatoms. The molecular formula is C20H22N2O4. The van der Waals surface area contributed by atoms with E-state index in [4.69, 9.17) is 9.47 Å². The van der Waals surface area contributed by atoms with Gasteiger partial charge in [-0.2, -0.15) is 0 Å². The Kier molecular flexibility index (Phi) is 5.41. The van der Waals surface area contributed by atoms with Crippen molar-refractivity contribution >= 4 is 23.2 Å². The van der Waals surface area contributed by atoms with Crippen molar-refractivity contribution in [3.8, 4) is 11.5 Å². The van der Waals surface area contributed by atoms with Crippen LogP contribution in [0.1, 0.15) is 18.4 Å². The van der Waals surface area contributed by atoms with Crippen LogP contribution in [-0.2, 0) is 9.59 Å². The van der Waals surface area contributed by atoms with Gasteiger partial charge in [-0.1, -0.05) is 12.1 Å². The van der Waals surface area contributed by atoms with Crippen LogP contribution in [0.25, 0.3) is 0 Å². The highest BCUT2D eigenvalue weighted by molar-refractivity contribution is 5.97. The summed E-state index contributed by atoms with van der Waals surface area (Å²) >= 11 is 0. The lowest BCUT2D eigenvalue weighted by Gasteiger charge is -2.17. The summed E-state index contributed by atoms with van der Waals surface area (Å²) in [6.07, 6.45) is 1.43. The Morgan fingerprint density at radius 1 is 1.19 bits per heavy atom. The molecule has 1 aliphatic rings. The minimum Gasteiger partial charge on any atom is -0.493 e. The molecule has 0 bridgehead atoms. The molecule has 0 aliphatic carbocycles. The molecule has 1 heterocycles. The first kappa shape index (κ1) is 17.8. The van der Waals surface area contributed by atoms with Gasteiger partial charge >= 0.3 is 0 Å². The molecule has 2 aromatic carbocycles. The van der Waals surface area contributed by atoms with Crippen LogP contribution >= 0.6 is 0 Å². The van der Waals surface area contributed by atoms with E-state index in [1.807, 2.05) is 31.2 Å². The Morgan fingerprint density at radius 3 is 2.77 bits per heavy atom. The van der Waals surface area contributed by atoms with Gasteiger partial charge in [0.15, 0.2) is 18.1 Å². The summed E-state index contributed by atoms with van der Waals surface area (Å²) in [6.45, 7) is 2.54. The van der Waals surface area contributed by atoms with Gasteiger partial charge in [-0.15, -0.1) is 0 Å². The highest BCUT2D eigenvalue weighted by Crippen LogP contribution is 2.28. The lowest BCUT2D eigenvalue weighted by atomic mass is 10.2. The maximum absolute atomic E-state index is 12.2. The van der Waals surface area contributed by atoms with Gasteiger partial charge in [0.2, 0.25) is 5.91 Å². The van der Waals surface area contributed by atoms with E-state index in [1.165, 1.54) is 0 Å². The number of ether oxygens (including phenoxy) is 2. The maximum Gasteiger partial charge on any atom is 0.262 e. The van der Waals surface area contributed by atoms with Crippen LogP contribution in [0.2, 0.25) is 0 Å². The van der Waals surface area contributed by atoms with Gasteiger partial charge < -0.3 is 19.7 Å². The number of anilines is 2. The van der Waals surface area contributed by atoms with Crippen molar-refractivity contribution < 1.29 is 19.1 Å². The van der Waals surface area contributed by atoms with E-state index < -0.39 is 0 Å². The smallest absolute Gasteiger partial charge is 0.262 e. The Labute approximate surface area is 152 Å². The quantitative estimate of drug-likeness (QED) is 0.865. The summed E-state index contributed by atoms with van der Waals surface area (Å²) in [5.74, 6) is 0.942. The standard InChI is InChI=1S/C20H22N2O4/c1-14-8-9-17(18(11-14)25-2)26-13-19(23)21-15-5-3-6-16(12-15)22-10-4-7-20(22)24/h3,5-6,8-9,11-12H,4,7,10,13H2,1-2H3,(H,21,23).